The highest BCUT2D eigenvalue weighted by Gasteiger charge is 2.04. The second-order valence-electron chi connectivity index (χ2n) is 2.03. The van der Waals surface area contributed by atoms with E-state index in [-0.39, 0.29) is 0 Å². The lowest BCUT2D eigenvalue weighted by molar-refractivity contribution is 1.20. The third-order valence-corrected chi connectivity index (χ3v) is 3.20. The second kappa shape index (κ2) is 2.42. The van der Waals surface area contributed by atoms with Crippen molar-refractivity contribution in [3.05, 3.63) is 16.3 Å². The number of fused-ring (bicyclic) bond motifs is 1. The number of hydrogen-bond acceptors (Lipinski definition) is 4. The molecule has 0 aliphatic carbocycles. The van der Waals surface area contributed by atoms with Crippen molar-refractivity contribution in [1.82, 2.24) is 9.97 Å². The van der Waals surface area contributed by atoms with Crippen molar-refractivity contribution in [3.8, 4) is 0 Å². The fourth-order valence-corrected chi connectivity index (χ4v) is 2.19. The number of thiophene rings is 1. The number of nitrogens with zero attached hydrogens (tertiary/aromatic N) is 2. The molecule has 0 radical (unpaired) electrons. The molecule has 0 aliphatic heterocycles. The molecule has 0 bridgehead atoms. The lowest BCUT2D eigenvalue weighted by atomic mass is 10.4. The summed E-state index contributed by atoms with van der Waals surface area (Å²) in [5.41, 5.74) is 7.19. The zero-order valence-corrected chi connectivity index (χ0v) is 7.82. The maximum absolute atomic E-state index is 5.64. The minimum absolute atomic E-state index is 0.716. The Balaban J connectivity index is 2.94. The number of nitrogens with two attached hydrogens (primary N) is 1. The van der Waals surface area contributed by atoms with Gasteiger partial charge in [0, 0.05) is 5.38 Å². The molecule has 0 saturated carbocycles. The largest absolute Gasteiger partial charge is 0.396 e. The molecule has 0 saturated heterocycles. The number of hydrogen-bond donors (Lipinski definition) is 1. The molecule has 2 aromatic rings. The van der Waals surface area contributed by atoms with Crippen LogP contribution in [0.25, 0.3) is 10.2 Å². The SMILES string of the molecule is Nc1csc2c(Br)ncnc12. The number of anilines is 1. The minimum Gasteiger partial charge on any atom is -0.396 e. The minimum atomic E-state index is 0.716. The molecule has 5 heteroatoms. The molecule has 0 aromatic carbocycles. The fraction of sp³-hybridized carbons (Fsp3) is 0. The number of aromatic nitrogens is 2. The standard InChI is InChI=1S/C6H4BrN3S/c7-6-5-4(9-2-10-6)3(8)1-11-5/h1-2H,8H2. The number of nitrogen functional groups attached to an aromatic ring is 1. The van der Waals surface area contributed by atoms with Crippen LogP contribution in [0.1, 0.15) is 0 Å². The van der Waals surface area contributed by atoms with Crippen LogP contribution in [0.3, 0.4) is 0 Å². The zero-order chi connectivity index (χ0) is 7.84. The molecule has 2 rings (SSSR count). The summed E-state index contributed by atoms with van der Waals surface area (Å²) < 4.78 is 1.81. The van der Waals surface area contributed by atoms with Gasteiger partial charge in [0.1, 0.15) is 16.4 Å². The van der Waals surface area contributed by atoms with E-state index < -0.39 is 0 Å². The lowest BCUT2D eigenvalue weighted by Gasteiger charge is -1.90. The highest BCUT2D eigenvalue weighted by atomic mass is 79.9. The smallest absolute Gasteiger partial charge is 0.127 e. The van der Waals surface area contributed by atoms with E-state index in [9.17, 15) is 0 Å². The highest BCUT2D eigenvalue weighted by Crippen LogP contribution is 2.30. The Labute approximate surface area is 75.4 Å². The molecule has 2 N–H and O–H groups in total. The Bertz CT molecular complexity index is 398. The molecule has 0 atom stereocenters. The van der Waals surface area contributed by atoms with Crippen LogP contribution >= 0.6 is 27.3 Å². The molecule has 0 unspecified atom stereocenters. The first-order valence-electron chi connectivity index (χ1n) is 2.92. The van der Waals surface area contributed by atoms with Gasteiger partial charge in [0.2, 0.25) is 0 Å². The first-order valence-corrected chi connectivity index (χ1v) is 4.59. The second-order valence-corrected chi connectivity index (χ2v) is 3.66. The van der Waals surface area contributed by atoms with Crippen LogP contribution in [0.15, 0.2) is 16.3 Å². The normalized spacial score (nSPS) is 10.6. The van der Waals surface area contributed by atoms with E-state index in [0.29, 0.717) is 5.69 Å². The van der Waals surface area contributed by atoms with Crippen LogP contribution in [0.4, 0.5) is 5.69 Å². The maximum Gasteiger partial charge on any atom is 0.127 e. The molecular formula is C6H4BrN3S. The average molecular weight is 230 g/mol. The topological polar surface area (TPSA) is 51.8 Å². The van der Waals surface area contributed by atoms with E-state index in [1.165, 1.54) is 6.33 Å². The summed E-state index contributed by atoms with van der Waals surface area (Å²) in [5.74, 6) is 0. The zero-order valence-electron chi connectivity index (χ0n) is 5.41. The predicted molar refractivity (Wildman–Crippen MR) is 49.5 cm³/mol. The molecule has 0 fully saturated rings. The van der Waals surface area contributed by atoms with Crippen molar-refractivity contribution in [1.29, 1.82) is 0 Å². The van der Waals surface area contributed by atoms with Crippen LogP contribution in [-0.4, -0.2) is 9.97 Å². The Morgan fingerprint density at radius 3 is 3.00 bits per heavy atom. The Hall–Kier alpha value is -0.680. The van der Waals surface area contributed by atoms with Gasteiger partial charge >= 0.3 is 0 Å². The van der Waals surface area contributed by atoms with Crippen LogP contribution in [0.5, 0.6) is 0 Å². The summed E-state index contributed by atoms with van der Waals surface area (Å²) in [6.07, 6.45) is 1.50. The predicted octanol–water partition coefficient (Wildman–Crippen LogP) is 2.04. The van der Waals surface area contributed by atoms with Crippen molar-refractivity contribution >= 4 is 43.2 Å². The van der Waals surface area contributed by atoms with Gasteiger partial charge in [-0.2, -0.15) is 0 Å². The van der Waals surface area contributed by atoms with Gasteiger partial charge < -0.3 is 5.73 Å². The molecule has 3 nitrogen and oxygen atoms in total. The monoisotopic (exact) mass is 229 g/mol. The van der Waals surface area contributed by atoms with Gasteiger partial charge in [-0.1, -0.05) is 0 Å². The number of halogens is 1. The van der Waals surface area contributed by atoms with Crippen molar-refractivity contribution in [2.24, 2.45) is 0 Å². The van der Waals surface area contributed by atoms with Crippen LogP contribution in [-0.2, 0) is 0 Å². The first kappa shape index (κ1) is 7.00. The lowest BCUT2D eigenvalue weighted by Crippen LogP contribution is -1.84. The third kappa shape index (κ3) is 1.00. The molecule has 2 aromatic heterocycles. The van der Waals surface area contributed by atoms with Crippen LogP contribution < -0.4 is 5.73 Å². The first-order chi connectivity index (χ1) is 5.29. The summed E-state index contributed by atoms with van der Waals surface area (Å²) in [5, 5.41) is 1.87. The quantitative estimate of drug-likeness (QED) is 0.704. The van der Waals surface area contributed by atoms with Gasteiger partial charge in [-0.15, -0.1) is 11.3 Å². The van der Waals surface area contributed by atoms with Gasteiger partial charge in [-0.3, -0.25) is 0 Å². The van der Waals surface area contributed by atoms with E-state index in [1.54, 1.807) is 11.3 Å². The van der Waals surface area contributed by atoms with Crippen molar-refractivity contribution in [3.63, 3.8) is 0 Å². The summed E-state index contributed by atoms with van der Waals surface area (Å²) in [4.78, 5) is 8.03. The van der Waals surface area contributed by atoms with E-state index in [4.69, 9.17) is 5.73 Å². The van der Waals surface area contributed by atoms with E-state index in [1.807, 2.05) is 5.38 Å². The molecule has 0 aliphatic rings. The number of rotatable bonds is 0. The summed E-state index contributed by atoms with van der Waals surface area (Å²) >= 11 is 4.86. The highest BCUT2D eigenvalue weighted by molar-refractivity contribution is 9.10. The molecule has 56 valence electrons. The third-order valence-electron chi connectivity index (χ3n) is 1.34. The van der Waals surface area contributed by atoms with Gasteiger partial charge in [0.25, 0.3) is 0 Å². The van der Waals surface area contributed by atoms with Crippen LogP contribution in [0, 0.1) is 0 Å². The summed E-state index contributed by atoms with van der Waals surface area (Å²) in [7, 11) is 0. The molecule has 11 heavy (non-hydrogen) atoms. The fourth-order valence-electron chi connectivity index (χ4n) is 0.841. The van der Waals surface area contributed by atoms with Crippen molar-refractivity contribution < 1.29 is 0 Å². The Morgan fingerprint density at radius 1 is 1.45 bits per heavy atom. The molecule has 0 amide bonds. The van der Waals surface area contributed by atoms with E-state index >= 15 is 0 Å². The van der Waals surface area contributed by atoms with Crippen molar-refractivity contribution in [2.45, 2.75) is 0 Å². The van der Waals surface area contributed by atoms with Crippen LogP contribution in [0.2, 0.25) is 0 Å². The van der Waals surface area contributed by atoms with Gasteiger partial charge in [-0.05, 0) is 15.9 Å². The maximum atomic E-state index is 5.64. The molecule has 2 heterocycles. The summed E-state index contributed by atoms with van der Waals surface area (Å²) in [6, 6.07) is 0. The average Bonchev–Trinajstić information content (AvgIpc) is 2.35. The molecular weight excluding hydrogens is 226 g/mol. The molecule has 0 spiro atoms. The van der Waals surface area contributed by atoms with Gasteiger partial charge in [-0.25, -0.2) is 9.97 Å². The van der Waals surface area contributed by atoms with Gasteiger partial charge in [0.15, 0.2) is 0 Å². The van der Waals surface area contributed by atoms with E-state index in [0.717, 1.165) is 14.8 Å². The van der Waals surface area contributed by atoms with Gasteiger partial charge in [0.05, 0.1) is 10.4 Å². The van der Waals surface area contributed by atoms with Crippen molar-refractivity contribution in [2.75, 3.05) is 5.73 Å². The summed E-state index contributed by atoms with van der Waals surface area (Å²) in [6.45, 7) is 0. The Kier molecular flexibility index (Phi) is 1.54. The van der Waals surface area contributed by atoms with E-state index in [2.05, 4.69) is 25.9 Å². The Morgan fingerprint density at radius 2 is 2.27 bits per heavy atom.